The van der Waals surface area contributed by atoms with Gasteiger partial charge < -0.3 is 14.2 Å². The first-order chi connectivity index (χ1) is 18.7. The summed E-state index contributed by atoms with van der Waals surface area (Å²) in [5.41, 5.74) is -0.719. The molecule has 2 aromatic carbocycles. The Labute approximate surface area is 225 Å². The number of benzene rings is 2. The third kappa shape index (κ3) is 6.67. The second-order valence-electron chi connectivity index (χ2n) is 10.7. The van der Waals surface area contributed by atoms with Gasteiger partial charge in [0.1, 0.15) is 6.61 Å². The van der Waals surface area contributed by atoms with Crippen LogP contribution in [-0.4, -0.2) is 32.6 Å². The van der Waals surface area contributed by atoms with Gasteiger partial charge in [0.05, 0.1) is 19.8 Å². The van der Waals surface area contributed by atoms with E-state index < -0.39 is 53.5 Å². The molecule has 1 saturated carbocycles. The van der Waals surface area contributed by atoms with Gasteiger partial charge in [-0.15, -0.1) is 0 Å². The lowest BCUT2D eigenvalue weighted by Gasteiger charge is -2.38. The van der Waals surface area contributed by atoms with Gasteiger partial charge >= 0.3 is 0 Å². The Morgan fingerprint density at radius 1 is 0.846 bits per heavy atom. The molecule has 2 aliphatic rings. The van der Waals surface area contributed by atoms with E-state index in [2.05, 4.69) is 11.7 Å². The Morgan fingerprint density at radius 2 is 1.54 bits per heavy atom. The second-order valence-corrected chi connectivity index (χ2v) is 10.7. The molecule has 1 aliphatic carbocycles. The molecular formula is C30H36F6O3. The fourth-order valence-corrected chi connectivity index (χ4v) is 5.99. The van der Waals surface area contributed by atoms with Crippen molar-refractivity contribution in [3.05, 3.63) is 58.7 Å². The van der Waals surface area contributed by atoms with E-state index in [0.717, 1.165) is 50.5 Å². The summed E-state index contributed by atoms with van der Waals surface area (Å²) in [5, 5.41) is 0. The highest BCUT2D eigenvalue weighted by Crippen LogP contribution is 2.40. The van der Waals surface area contributed by atoms with E-state index in [9.17, 15) is 22.0 Å². The van der Waals surface area contributed by atoms with Gasteiger partial charge in [-0.1, -0.05) is 44.7 Å². The van der Waals surface area contributed by atoms with E-state index in [0.29, 0.717) is 12.3 Å². The van der Waals surface area contributed by atoms with Crippen molar-refractivity contribution < 1.29 is 40.6 Å². The van der Waals surface area contributed by atoms with Crippen LogP contribution in [-0.2, 0) is 4.74 Å². The number of rotatable bonds is 10. The van der Waals surface area contributed by atoms with E-state index in [1.54, 1.807) is 0 Å². The van der Waals surface area contributed by atoms with E-state index in [4.69, 9.17) is 9.47 Å². The van der Waals surface area contributed by atoms with Crippen molar-refractivity contribution in [2.75, 3.05) is 20.3 Å². The monoisotopic (exact) mass is 558 g/mol. The Bertz CT molecular complexity index is 1100. The molecule has 2 fully saturated rings. The molecule has 0 radical (unpaired) electrons. The molecule has 4 rings (SSSR count). The van der Waals surface area contributed by atoms with Gasteiger partial charge in [0.2, 0.25) is 11.6 Å². The minimum Gasteiger partial charge on any atom is -0.494 e. The molecule has 1 saturated heterocycles. The standard InChI is InChI=1S/C30H36F6O3/c1-3-4-17-5-7-18(8-6-17)23-12-9-19(15-38-23)20-10-11-21(28(34)27(20)33)26(32)22(31)16-39-25-14-13-24(37-2)29(35)30(25)36/h10-11,13-14,17-19,22-23,26H,3-9,12,15-16H2,1-2H3. The van der Waals surface area contributed by atoms with Crippen LogP contribution in [0.4, 0.5) is 26.3 Å². The maximum Gasteiger partial charge on any atom is 0.204 e. The minimum absolute atomic E-state index is 0.0796. The fraction of sp³-hybridized carbons (Fsp3) is 0.600. The van der Waals surface area contributed by atoms with Crippen molar-refractivity contribution in [3.8, 4) is 11.5 Å². The lowest BCUT2D eigenvalue weighted by Crippen LogP contribution is -2.34. The van der Waals surface area contributed by atoms with Gasteiger partial charge in [-0.25, -0.2) is 17.6 Å². The van der Waals surface area contributed by atoms with E-state index in [1.165, 1.54) is 31.7 Å². The molecule has 3 nitrogen and oxygen atoms in total. The van der Waals surface area contributed by atoms with Crippen LogP contribution in [0.5, 0.6) is 11.5 Å². The summed E-state index contributed by atoms with van der Waals surface area (Å²) in [6.45, 7) is 1.42. The number of halogens is 6. The summed E-state index contributed by atoms with van der Waals surface area (Å²) in [6.07, 6.45) is 3.59. The zero-order valence-corrected chi connectivity index (χ0v) is 22.3. The molecule has 0 spiro atoms. The highest BCUT2D eigenvalue weighted by Gasteiger charge is 2.34. The average Bonchev–Trinajstić information content (AvgIpc) is 2.95. The maximum absolute atomic E-state index is 15.0. The second kappa shape index (κ2) is 13.3. The number of methoxy groups -OCH3 is 1. The molecule has 4 unspecified atom stereocenters. The first kappa shape index (κ1) is 29.6. The van der Waals surface area contributed by atoms with Crippen molar-refractivity contribution in [1.29, 1.82) is 0 Å². The number of hydrogen-bond acceptors (Lipinski definition) is 3. The van der Waals surface area contributed by atoms with Crippen molar-refractivity contribution in [1.82, 2.24) is 0 Å². The highest BCUT2D eigenvalue weighted by atomic mass is 19.2. The largest absolute Gasteiger partial charge is 0.494 e. The SMILES string of the molecule is CCCC1CCC(C2CCC(c3ccc(C(F)C(F)COc4ccc(OC)c(F)c4F)c(F)c3F)CO2)CC1. The van der Waals surface area contributed by atoms with Crippen molar-refractivity contribution >= 4 is 0 Å². The quantitative estimate of drug-likeness (QED) is 0.274. The number of hydrogen-bond donors (Lipinski definition) is 0. The summed E-state index contributed by atoms with van der Waals surface area (Å²) in [6, 6.07) is 4.37. The maximum atomic E-state index is 15.0. The Morgan fingerprint density at radius 3 is 2.18 bits per heavy atom. The lowest BCUT2D eigenvalue weighted by atomic mass is 9.75. The predicted molar refractivity (Wildman–Crippen MR) is 136 cm³/mol. The molecular weight excluding hydrogens is 522 g/mol. The van der Waals surface area contributed by atoms with Gasteiger partial charge in [-0.2, -0.15) is 8.78 Å². The van der Waals surface area contributed by atoms with Crippen LogP contribution in [0.3, 0.4) is 0 Å². The zero-order chi connectivity index (χ0) is 28.1. The van der Waals surface area contributed by atoms with Crippen LogP contribution in [0.2, 0.25) is 0 Å². The van der Waals surface area contributed by atoms with Crippen molar-refractivity contribution in [2.24, 2.45) is 11.8 Å². The van der Waals surface area contributed by atoms with Crippen LogP contribution >= 0.6 is 0 Å². The van der Waals surface area contributed by atoms with Crippen molar-refractivity contribution in [2.45, 2.75) is 82.7 Å². The van der Waals surface area contributed by atoms with Crippen LogP contribution in [0.25, 0.3) is 0 Å². The lowest BCUT2D eigenvalue weighted by molar-refractivity contribution is -0.0440. The summed E-state index contributed by atoms with van der Waals surface area (Å²) in [4.78, 5) is 0. The molecule has 1 aliphatic heterocycles. The Kier molecular flexibility index (Phi) is 10.1. The molecule has 0 aromatic heterocycles. The number of ether oxygens (including phenoxy) is 3. The predicted octanol–water partition coefficient (Wildman–Crippen LogP) is 8.55. The third-order valence-corrected chi connectivity index (χ3v) is 8.25. The molecule has 9 heteroatoms. The topological polar surface area (TPSA) is 27.7 Å². The molecule has 216 valence electrons. The molecule has 0 bridgehead atoms. The molecule has 4 atom stereocenters. The average molecular weight is 559 g/mol. The Balaban J connectivity index is 1.34. The summed E-state index contributed by atoms with van der Waals surface area (Å²) in [7, 11) is 1.14. The van der Waals surface area contributed by atoms with E-state index in [1.807, 2.05) is 0 Å². The summed E-state index contributed by atoms with van der Waals surface area (Å²) >= 11 is 0. The smallest absolute Gasteiger partial charge is 0.204 e. The molecule has 39 heavy (non-hydrogen) atoms. The minimum atomic E-state index is -2.57. The zero-order valence-electron chi connectivity index (χ0n) is 22.3. The third-order valence-electron chi connectivity index (χ3n) is 8.25. The normalized spacial score (nSPS) is 25.2. The van der Waals surface area contributed by atoms with E-state index in [-0.39, 0.29) is 29.9 Å². The first-order valence-corrected chi connectivity index (χ1v) is 13.8. The molecule has 0 amide bonds. The van der Waals surface area contributed by atoms with Crippen LogP contribution in [0, 0.1) is 35.1 Å². The van der Waals surface area contributed by atoms with Gasteiger partial charge in [0.15, 0.2) is 35.5 Å². The van der Waals surface area contributed by atoms with Gasteiger partial charge in [0, 0.05) is 11.5 Å². The first-order valence-electron chi connectivity index (χ1n) is 13.8. The fourth-order valence-electron chi connectivity index (χ4n) is 5.99. The Hall–Kier alpha value is -2.42. The van der Waals surface area contributed by atoms with Crippen LogP contribution in [0.1, 0.15) is 81.5 Å². The summed E-state index contributed by atoms with van der Waals surface area (Å²) < 4.78 is 103. The molecule has 2 aromatic rings. The molecule has 1 heterocycles. The van der Waals surface area contributed by atoms with Gasteiger partial charge in [-0.3, -0.25) is 0 Å². The number of alkyl halides is 2. The highest BCUT2D eigenvalue weighted by molar-refractivity contribution is 5.35. The van der Waals surface area contributed by atoms with E-state index >= 15 is 4.39 Å². The van der Waals surface area contributed by atoms with Crippen molar-refractivity contribution in [3.63, 3.8) is 0 Å². The van der Waals surface area contributed by atoms with Gasteiger partial charge in [-0.05, 0) is 55.2 Å². The van der Waals surface area contributed by atoms with Crippen LogP contribution < -0.4 is 9.47 Å². The summed E-state index contributed by atoms with van der Waals surface area (Å²) in [5.74, 6) is -5.61. The van der Waals surface area contributed by atoms with Crippen LogP contribution in [0.15, 0.2) is 24.3 Å². The van der Waals surface area contributed by atoms with Gasteiger partial charge in [0.25, 0.3) is 0 Å². The molecule has 0 N–H and O–H groups in total.